The average Bonchev–Trinajstić information content (AvgIpc) is 3.74. The topological polar surface area (TPSA) is 43.0 Å². The van der Waals surface area contributed by atoms with Crippen LogP contribution in [0.1, 0.15) is 22.3 Å². The van der Waals surface area contributed by atoms with Crippen LogP contribution in [0.25, 0.3) is 55.2 Å². The molecule has 0 fully saturated rings. The molecule has 4 nitrogen and oxygen atoms in total. The molecular weight excluding hydrogens is 528 g/mol. The predicted octanol–water partition coefficient (Wildman–Crippen LogP) is 7.51. The van der Waals surface area contributed by atoms with Crippen molar-refractivity contribution in [3.8, 4) is 33.4 Å². The highest BCUT2D eigenvalue weighted by Gasteiger charge is 2.51. The second-order valence-electron chi connectivity index (χ2n) is 11.6. The first-order valence-corrected chi connectivity index (χ1v) is 14.5. The first kappa shape index (κ1) is 22.9. The molecule has 0 N–H and O–H groups in total. The number of hydrogen-bond donors (Lipinski definition) is 0. The third kappa shape index (κ3) is 2.55. The Morgan fingerprint density at radius 1 is 0.419 bits per heavy atom. The van der Waals surface area contributed by atoms with Gasteiger partial charge in [-0.2, -0.15) is 4.52 Å². The summed E-state index contributed by atoms with van der Waals surface area (Å²) >= 11 is 0. The van der Waals surface area contributed by atoms with E-state index < -0.39 is 5.41 Å². The Kier molecular flexibility index (Phi) is 4.13. The lowest BCUT2D eigenvalue weighted by atomic mass is 9.70. The maximum absolute atomic E-state index is 13.6. The second kappa shape index (κ2) is 7.75. The number of aromatic nitrogens is 2. The number of hydrogen-bond acceptors (Lipinski definition) is 2. The summed E-state index contributed by atoms with van der Waals surface area (Å²) in [6.07, 6.45) is 0. The van der Waals surface area contributed by atoms with Gasteiger partial charge in [-0.25, -0.2) is 4.52 Å². The molecule has 0 amide bonds. The fourth-order valence-electron chi connectivity index (χ4n) is 8.11. The molecule has 2 aliphatic carbocycles. The maximum Gasteiger partial charge on any atom is 0.282 e. The van der Waals surface area contributed by atoms with Crippen LogP contribution >= 0.6 is 0 Å². The largest absolute Gasteiger partial charge is 0.282 e. The Balaban J connectivity index is 1.34. The van der Waals surface area contributed by atoms with E-state index in [-0.39, 0.29) is 11.1 Å². The van der Waals surface area contributed by atoms with Crippen LogP contribution in [0.4, 0.5) is 0 Å². The van der Waals surface area contributed by atoms with Gasteiger partial charge in [0.25, 0.3) is 11.1 Å². The molecule has 2 heterocycles. The normalized spacial score (nSPS) is 14.0. The number of benzene rings is 6. The molecule has 0 saturated heterocycles. The molecule has 0 radical (unpaired) electrons. The van der Waals surface area contributed by atoms with Gasteiger partial charge < -0.3 is 0 Å². The Labute approximate surface area is 245 Å². The second-order valence-corrected chi connectivity index (χ2v) is 11.6. The Morgan fingerprint density at radius 3 is 1.60 bits per heavy atom. The predicted molar refractivity (Wildman–Crippen MR) is 171 cm³/mol. The summed E-state index contributed by atoms with van der Waals surface area (Å²) in [5.74, 6) is 0. The highest BCUT2D eigenvalue weighted by atomic mass is 16.2. The zero-order valence-electron chi connectivity index (χ0n) is 22.9. The quantitative estimate of drug-likeness (QED) is 0.212. The van der Waals surface area contributed by atoms with Crippen molar-refractivity contribution in [1.29, 1.82) is 0 Å². The van der Waals surface area contributed by atoms with Gasteiger partial charge in [0, 0.05) is 5.56 Å². The lowest BCUT2D eigenvalue weighted by molar-refractivity contribution is 0.794. The van der Waals surface area contributed by atoms with Gasteiger partial charge in [0.2, 0.25) is 0 Å². The highest BCUT2D eigenvalue weighted by molar-refractivity contribution is 6.00. The van der Waals surface area contributed by atoms with Crippen LogP contribution in [-0.2, 0) is 5.41 Å². The first-order chi connectivity index (χ1) is 21.2. The van der Waals surface area contributed by atoms with Crippen LogP contribution in [0.2, 0.25) is 0 Å². The zero-order chi connectivity index (χ0) is 28.4. The standard InChI is InChI=1S/C39H22N2O2/c42-37-29-13-4-8-19-35(29)40-36-24(14-9-15-30(36)38(43)41(37)40)23-20-21-28-27-12-3-7-18-33(27)39(34(28)22-23)31-16-5-1-10-25(31)26-11-2-6-17-32(26)39/h1-22H. The van der Waals surface area contributed by atoms with Gasteiger partial charge in [0.05, 0.1) is 27.2 Å². The fourth-order valence-corrected chi connectivity index (χ4v) is 8.11. The van der Waals surface area contributed by atoms with Crippen molar-refractivity contribution in [2.24, 2.45) is 0 Å². The van der Waals surface area contributed by atoms with Crippen molar-refractivity contribution < 1.29 is 0 Å². The molecule has 0 saturated carbocycles. The summed E-state index contributed by atoms with van der Waals surface area (Å²) in [5.41, 5.74) is 12.5. The molecule has 8 aromatic rings. The van der Waals surface area contributed by atoms with E-state index in [4.69, 9.17) is 0 Å². The van der Waals surface area contributed by atoms with Gasteiger partial charge in [-0.15, -0.1) is 0 Å². The van der Waals surface area contributed by atoms with Crippen LogP contribution in [0, 0.1) is 0 Å². The fraction of sp³-hybridized carbons (Fsp3) is 0.0256. The molecule has 43 heavy (non-hydrogen) atoms. The highest BCUT2D eigenvalue weighted by Crippen LogP contribution is 2.63. The van der Waals surface area contributed by atoms with Gasteiger partial charge in [-0.3, -0.25) is 9.59 Å². The monoisotopic (exact) mass is 550 g/mol. The van der Waals surface area contributed by atoms with Crippen molar-refractivity contribution in [2.45, 2.75) is 5.41 Å². The molecule has 0 atom stereocenters. The van der Waals surface area contributed by atoms with E-state index in [1.807, 2.05) is 34.8 Å². The third-order valence-electron chi connectivity index (χ3n) is 9.73. The number of fused-ring (bicyclic) bond motifs is 15. The van der Waals surface area contributed by atoms with Crippen LogP contribution in [0.5, 0.6) is 0 Å². The van der Waals surface area contributed by atoms with Crippen molar-refractivity contribution in [1.82, 2.24) is 9.03 Å². The minimum atomic E-state index is -0.453. The molecule has 200 valence electrons. The van der Waals surface area contributed by atoms with Gasteiger partial charge >= 0.3 is 0 Å². The molecule has 2 aliphatic rings. The minimum absolute atomic E-state index is 0.287. The van der Waals surface area contributed by atoms with Gasteiger partial charge in [-0.05, 0) is 74.3 Å². The molecule has 1 spiro atoms. The minimum Gasteiger partial charge on any atom is -0.267 e. The van der Waals surface area contributed by atoms with E-state index in [0.29, 0.717) is 10.8 Å². The first-order valence-electron chi connectivity index (χ1n) is 14.5. The third-order valence-corrected chi connectivity index (χ3v) is 9.73. The van der Waals surface area contributed by atoms with E-state index in [1.54, 1.807) is 6.07 Å². The SMILES string of the molecule is O=c1c2ccccc2n2c3c(-c4ccc5c(c4)C4(c6ccccc6-c6ccccc64)c4ccccc4-5)cccc3c(=O)n12. The number of para-hydroxylation sites is 2. The molecular formula is C39H22N2O2. The van der Waals surface area contributed by atoms with Crippen molar-refractivity contribution in [2.75, 3.05) is 0 Å². The molecule has 0 unspecified atom stereocenters. The lowest BCUT2D eigenvalue weighted by Crippen LogP contribution is -2.25. The van der Waals surface area contributed by atoms with Gasteiger partial charge in [0.1, 0.15) is 0 Å². The molecule has 0 bridgehead atoms. The maximum atomic E-state index is 13.6. The Bertz CT molecular complexity index is 2560. The Hall–Kier alpha value is -5.74. The smallest absolute Gasteiger partial charge is 0.267 e. The van der Waals surface area contributed by atoms with Crippen LogP contribution in [0.15, 0.2) is 143 Å². The summed E-state index contributed by atoms with van der Waals surface area (Å²) in [7, 11) is 0. The van der Waals surface area contributed by atoms with E-state index in [1.165, 1.54) is 49.0 Å². The summed E-state index contributed by atoms with van der Waals surface area (Å²) in [6.45, 7) is 0. The van der Waals surface area contributed by atoms with Crippen molar-refractivity contribution >= 4 is 21.8 Å². The van der Waals surface area contributed by atoms with Crippen molar-refractivity contribution in [3.05, 3.63) is 176 Å². The average molecular weight is 551 g/mol. The van der Waals surface area contributed by atoms with Crippen molar-refractivity contribution in [3.63, 3.8) is 0 Å². The van der Waals surface area contributed by atoms with Crippen LogP contribution < -0.4 is 11.1 Å². The molecule has 6 aromatic carbocycles. The summed E-state index contributed by atoms with van der Waals surface area (Å²) < 4.78 is 3.09. The lowest BCUT2D eigenvalue weighted by Gasteiger charge is -2.30. The number of nitrogens with zero attached hydrogens (tertiary/aromatic N) is 2. The van der Waals surface area contributed by atoms with E-state index >= 15 is 0 Å². The van der Waals surface area contributed by atoms with Crippen LogP contribution in [0.3, 0.4) is 0 Å². The van der Waals surface area contributed by atoms with Gasteiger partial charge in [-0.1, -0.05) is 109 Å². The summed E-state index contributed by atoms with van der Waals surface area (Å²) in [5, 5.41) is 1.08. The molecule has 0 aliphatic heterocycles. The molecule has 4 heteroatoms. The Morgan fingerprint density at radius 2 is 0.930 bits per heavy atom. The molecule has 10 rings (SSSR count). The van der Waals surface area contributed by atoms with E-state index in [9.17, 15) is 9.59 Å². The summed E-state index contributed by atoms with van der Waals surface area (Å²) in [4.78, 5) is 27.0. The summed E-state index contributed by atoms with van der Waals surface area (Å²) in [6, 6.07) is 46.3. The zero-order valence-corrected chi connectivity index (χ0v) is 22.9. The van der Waals surface area contributed by atoms with E-state index in [2.05, 4.69) is 97.1 Å². The van der Waals surface area contributed by atoms with Crippen LogP contribution in [-0.4, -0.2) is 9.03 Å². The molecule has 2 aromatic heterocycles. The van der Waals surface area contributed by atoms with E-state index in [0.717, 1.165) is 22.2 Å². The van der Waals surface area contributed by atoms with Gasteiger partial charge in [0.15, 0.2) is 0 Å². The number of rotatable bonds is 1.